The Labute approximate surface area is 156 Å². The molecular formula is C17H19N3O6S. The highest BCUT2D eigenvalue weighted by atomic mass is 32.2. The standard InChI is InChI=1S/C17H19N3O6S/c1-24-17-5-2-12(11-18-17)20-16(21)6-7-19-27(22,23)13-3-4-14-15(10-13)26-9-8-25-14/h2-5,10-11,19H,6-9H2,1H3,(H,20,21). The van der Waals surface area contributed by atoms with Gasteiger partial charge in [-0.1, -0.05) is 0 Å². The molecule has 1 amide bonds. The number of pyridine rings is 1. The van der Waals surface area contributed by atoms with Gasteiger partial charge in [-0.05, 0) is 18.2 Å². The number of hydrogen-bond acceptors (Lipinski definition) is 7. The van der Waals surface area contributed by atoms with Crippen LogP contribution in [0.25, 0.3) is 0 Å². The summed E-state index contributed by atoms with van der Waals surface area (Å²) in [6.07, 6.45) is 1.42. The highest BCUT2D eigenvalue weighted by molar-refractivity contribution is 7.89. The van der Waals surface area contributed by atoms with Gasteiger partial charge in [-0.25, -0.2) is 18.1 Å². The van der Waals surface area contributed by atoms with Gasteiger partial charge in [0.2, 0.25) is 21.8 Å². The fourth-order valence-electron chi connectivity index (χ4n) is 2.37. The van der Waals surface area contributed by atoms with Gasteiger partial charge in [-0.15, -0.1) is 0 Å². The topological polar surface area (TPSA) is 116 Å². The minimum atomic E-state index is -3.77. The molecule has 9 nitrogen and oxygen atoms in total. The average Bonchev–Trinajstić information content (AvgIpc) is 2.68. The molecule has 0 saturated carbocycles. The Kier molecular flexibility index (Phi) is 5.77. The third kappa shape index (κ3) is 4.86. The molecule has 1 aromatic carbocycles. The summed E-state index contributed by atoms with van der Waals surface area (Å²) in [4.78, 5) is 16.0. The first-order valence-corrected chi connectivity index (χ1v) is 9.65. The van der Waals surface area contributed by atoms with E-state index in [0.29, 0.717) is 36.3 Å². The van der Waals surface area contributed by atoms with Crippen LogP contribution < -0.4 is 24.2 Å². The van der Waals surface area contributed by atoms with Crippen LogP contribution in [0.4, 0.5) is 5.69 Å². The lowest BCUT2D eigenvalue weighted by Gasteiger charge is -2.18. The molecule has 2 heterocycles. The summed E-state index contributed by atoms with van der Waals surface area (Å²) < 4.78 is 42.8. The van der Waals surface area contributed by atoms with Gasteiger partial charge < -0.3 is 19.5 Å². The highest BCUT2D eigenvalue weighted by Crippen LogP contribution is 2.32. The van der Waals surface area contributed by atoms with Gasteiger partial charge in [0, 0.05) is 25.1 Å². The van der Waals surface area contributed by atoms with Crippen molar-refractivity contribution in [3.05, 3.63) is 36.5 Å². The molecule has 144 valence electrons. The molecule has 0 spiro atoms. The molecule has 27 heavy (non-hydrogen) atoms. The molecule has 10 heteroatoms. The predicted molar refractivity (Wildman–Crippen MR) is 96.7 cm³/mol. The Bertz CT molecular complexity index is 915. The number of methoxy groups -OCH3 is 1. The number of fused-ring (bicyclic) bond motifs is 1. The van der Waals surface area contributed by atoms with Gasteiger partial charge in [0.15, 0.2) is 11.5 Å². The van der Waals surface area contributed by atoms with E-state index >= 15 is 0 Å². The lowest BCUT2D eigenvalue weighted by molar-refractivity contribution is -0.116. The van der Waals surface area contributed by atoms with Crippen molar-refractivity contribution in [3.63, 3.8) is 0 Å². The zero-order valence-corrected chi connectivity index (χ0v) is 15.4. The second-order valence-corrected chi connectivity index (χ2v) is 7.36. The van der Waals surface area contributed by atoms with Crippen molar-refractivity contribution in [1.29, 1.82) is 0 Å². The number of anilines is 1. The van der Waals surface area contributed by atoms with Crippen molar-refractivity contribution in [1.82, 2.24) is 9.71 Å². The quantitative estimate of drug-likeness (QED) is 0.725. The summed E-state index contributed by atoms with van der Waals surface area (Å²) in [6.45, 7) is 0.743. The lowest BCUT2D eigenvalue weighted by Crippen LogP contribution is -2.28. The number of rotatable bonds is 7. The van der Waals surface area contributed by atoms with E-state index < -0.39 is 10.0 Å². The van der Waals surface area contributed by atoms with Gasteiger partial charge in [0.25, 0.3) is 0 Å². The van der Waals surface area contributed by atoms with Crippen LogP contribution in [-0.2, 0) is 14.8 Å². The van der Waals surface area contributed by atoms with E-state index in [1.807, 2.05) is 0 Å². The predicted octanol–water partition coefficient (Wildman–Crippen LogP) is 1.17. The van der Waals surface area contributed by atoms with Gasteiger partial charge in [-0.2, -0.15) is 0 Å². The van der Waals surface area contributed by atoms with E-state index in [1.165, 1.54) is 25.4 Å². The van der Waals surface area contributed by atoms with Gasteiger partial charge in [-0.3, -0.25) is 4.79 Å². The molecule has 0 unspecified atom stereocenters. The van der Waals surface area contributed by atoms with Crippen molar-refractivity contribution >= 4 is 21.6 Å². The van der Waals surface area contributed by atoms with Crippen LogP contribution in [0.1, 0.15) is 6.42 Å². The average molecular weight is 393 g/mol. The molecule has 0 atom stereocenters. The molecule has 0 fully saturated rings. The number of carbonyl (C=O) groups is 1. The summed E-state index contributed by atoms with van der Waals surface area (Å²) >= 11 is 0. The maximum Gasteiger partial charge on any atom is 0.240 e. The van der Waals surface area contributed by atoms with Crippen molar-refractivity contribution in [2.75, 3.05) is 32.2 Å². The smallest absolute Gasteiger partial charge is 0.240 e. The monoisotopic (exact) mass is 393 g/mol. The van der Waals surface area contributed by atoms with Gasteiger partial charge in [0.1, 0.15) is 13.2 Å². The van der Waals surface area contributed by atoms with E-state index in [-0.39, 0.29) is 23.8 Å². The minimum absolute atomic E-state index is 0.0319. The molecule has 1 aliphatic rings. The first-order valence-electron chi connectivity index (χ1n) is 8.17. The maximum atomic E-state index is 12.4. The molecule has 3 rings (SSSR count). The number of hydrogen-bond donors (Lipinski definition) is 2. The fraction of sp³-hybridized carbons (Fsp3) is 0.294. The van der Waals surface area contributed by atoms with Crippen LogP contribution in [-0.4, -0.2) is 46.2 Å². The van der Waals surface area contributed by atoms with Crippen molar-refractivity contribution < 1.29 is 27.4 Å². The van der Waals surface area contributed by atoms with Crippen molar-refractivity contribution in [3.8, 4) is 17.4 Å². The summed E-state index contributed by atoms with van der Waals surface area (Å²) in [7, 11) is -2.27. The summed E-state index contributed by atoms with van der Waals surface area (Å²) in [5.74, 6) is 0.980. The summed E-state index contributed by atoms with van der Waals surface area (Å²) in [5, 5.41) is 2.63. The van der Waals surface area contributed by atoms with Gasteiger partial charge >= 0.3 is 0 Å². The molecule has 1 aliphatic heterocycles. The Morgan fingerprint density at radius 3 is 2.67 bits per heavy atom. The molecule has 2 N–H and O–H groups in total. The Balaban J connectivity index is 1.53. The largest absolute Gasteiger partial charge is 0.486 e. The van der Waals surface area contributed by atoms with Crippen LogP contribution >= 0.6 is 0 Å². The van der Waals surface area contributed by atoms with Gasteiger partial charge in [0.05, 0.1) is 23.9 Å². The Morgan fingerprint density at radius 1 is 1.19 bits per heavy atom. The second-order valence-electron chi connectivity index (χ2n) is 5.59. The third-order valence-electron chi connectivity index (χ3n) is 3.70. The Morgan fingerprint density at radius 2 is 1.96 bits per heavy atom. The normalized spacial score (nSPS) is 13.1. The van der Waals surface area contributed by atoms with Crippen LogP contribution in [0, 0.1) is 0 Å². The fourth-order valence-corrected chi connectivity index (χ4v) is 3.42. The first-order chi connectivity index (χ1) is 13.0. The first kappa shape index (κ1) is 18.9. The van der Waals surface area contributed by atoms with Crippen molar-refractivity contribution in [2.45, 2.75) is 11.3 Å². The number of aromatic nitrogens is 1. The zero-order valence-electron chi connectivity index (χ0n) is 14.6. The highest BCUT2D eigenvalue weighted by Gasteiger charge is 2.19. The molecule has 0 radical (unpaired) electrons. The SMILES string of the molecule is COc1ccc(NC(=O)CCNS(=O)(=O)c2ccc3c(c2)OCCO3)cn1. The Hall–Kier alpha value is -2.85. The van der Waals surface area contributed by atoms with E-state index in [2.05, 4.69) is 15.0 Å². The second kappa shape index (κ2) is 8.23. The number of sulfonamides is 1. The molecular weight excluding hydrogens is 374 g/mol. The van der Waals surface area contributed by atoms with Crippen molar-refractivity contribution in [2.24, 2.45) is 0 Å². The number of carbonyl (C=O) groups excluding carboxylic acids is 1. The van der Waals surface area contributed by atoms with Crippen LogP contribution in [0.5, 0.6) is 17.4 Å². The van der Waals surface area contributed by atoms with E-state index in [4.69, 9.17) is 14.2 Å². The van der Waals surface area contributed by atoms with Crippen LogP contribution in [0.2, 0.25) is 0 Å². The summed E-state index contributed by atoms with van der Waals surface area (Å²) in [6, 6.07) is 7.63. The molecule has 1 aromatic heterocycles. The molecule has 0 aliphatic carbocycles. The number of benzene rings is 1. The van der Waals surface area contributed by atoms with E-state index in [0.717, 1.165) is 0 Å². The molecule has 2 aromatic rings. The zero-order chi connectivity index (χ0) is 19.3. The number of amides is 1. The summed E-state index contributed by atoms with van der Waals surface area (Å²) in [5.41, 5.74) is 0.496. The van der Waals surface area contributed by atoms with Crippen LogP contribution in [0.15, 0.2) is 41.4 Å². The van der Waals surface area contributed by atoms with E-state index in [1.54, 1.807) is 18.2 Å². The number of nitrogens with one attached hydrogen (secondary N) is 2. The van der Waals surface area contributed by atoms with E-state index in [9.17, 15) is 13.2 Å². The molecule has 0 bridgehead atoms. The lowest BCUT2D eigenvalue weighted by atomic mass is 10.3. The maximum absolute atomic E-state index is 12.4. The minimum Gasteiger partial charge on any atom is -0.486 e. The number of nitrogens with zero attached hydrogens (tertiary/aromatic N) is 1. The third-order valence-corrected chi connectivity index (χ3v) is 5.16. The number of ether oxygens (including phenoxy) is 3. The van der Waals surface area contributed by atoms with Crippen LogP contribution in [0.3, 0.4) is 0 Å². The molecule has 0 saturated heterocycles.